The third kappa shape index (κ3) is 3.56. The van der Waals surface area contributed by atoms with Crippen molar-refractivity contribution >= 4 is 29.1 Å². The number of rotatable bonds is 5. The lowest BCUT2D eigenvalue weighted by Gasteiger charge is -2.18. The van der Waals surface area contributed by atoms with Crippen molar-refractivity contribution in [3.8, 4) is 0 Å². The summed E-state index contributed by atoms with van der Waals surface area (Å²) >= 11 is 6.01. The summed E-state index contributed by atoms with van der Waals surface area (Å²) in [6.07, 6.45) is 3.59. The normalized spacial score (nSPS) is 12.9. The van der Waals surface area contributed by atoms with Gasteiger partial charge in [0.05, 0.1) is 6.20 Å². The van der Waals surface area contributed by atoms with Crippen molar-refractivity contribution in [2.24, 2.45) is 0 Å². The number of benzene rings is 2. The van der Waals surface area contributed by atoms with Gasteiger partial charge < -0.3 is 10.2 Å². The van der Waals surface area contributed by atoms with E-state index in [0.29, 0.717) is 5.95 Å². The fourth-order valence-corrected chi connectivity index (χ4v) is 3.30. The summed E-state index contributed by atoms with van der Waals surface area (Å²) in [6.45, 7) is 1.64. The van der Waals surface area contributed by atoms with Crippen molar-refractivity contribution in [3.05, 3.63) is 70.9 Å². The van der Waals surface area contributed by atoms with Gasteiger partial charge in [0.2, 0.25) is 5.95 Å². The molecule has 5 nitrogen and oxygen atoms in total. The first-order valence-corrected chi connectivity index (χ1v) is 8.71. The Labute approximate surface area is 151 Å². The molecule has 0 saturated heterocycles. The number of anilines is 3. The second kappa shape index (κ2) is 7.07. The van der Waals surface area contributed by atoms with E-state index in [1.54, 1.807) is 6.20 Å². The quantitative estimate of drug-likeness (QED) is 0.756. The van der Waals surface area contributed by atoms with Crippen molar-refractivity contribution < 1.29 is 0 Å². The van der Waals surface area contributed by atoms with E-state index in [0.717, 1.165) is 36.8 Å². The van der Waals surface area contributed by atoms with Crippen LogP contribution >= 0.6 is 11.6 Å². The molecule has 1 N–H and O–H groups in total. The zero-order chi connectivity index (χ0) is 17.1. The molecule has 1 aliphatic rings. The molecule has 0 fully saturated rings. The van der Waals surface area contributed by atoms with Gasteiger partial charge in [-0.15, -0.1) is 5.10 Å². The Morgan fingerprint density at radius 3 is 2.96 bits per heavy atom. The number of para-hydroxylation sites is 1. The van der Waals surface area contributed by atoms with Crippen LogP contribution in [0.3, 0.4) is 0 Å². The lowest BCUT2D eigenvalue weighted by molar-refractivity contribution is 0.896. The van der Waals surface area contributed by atoms with Crippen LogP contribution in [0.1, 0.15) is 11.1 Å². The largest absolute Gasteiger partial charge is 0.353 e. The van der Waals surface area contributed by atoms with Crippen LogP contribution < -0.4 is 10.2 Å². The Morgan fingerprint density at radius 2 is 2.04 bits per heavy atom. The Kier molecular flexibility index (Phi) is 4.48. The second-order valence-corrected chi connectivity index (χ2v) is 6.41. The van der Waals surface area contributed by atoms with Gasteiger partial charge in [0, 0.05) is 23.8 Å². The predicted molar refractivity (Wildman–Crippen MR) is 101 cm³/mol. The molecule has 1 aliphatic heterocycles. The summed E-state index contributed by atoms with van der Waals surface area (Å²) in [5.41, 5.74) is 3.72. The highest BCUT2D eigenvalue weighted by Gasteiger charge is 2.21. The van der Waals surface area contributed by atoms with Crippen molar-refractivity contribution in [2.75, 3.05) is 23.3 Å². The van der Waals surface area contributed by atoms with Gasteiger partial charge in [-0.2, -0.15) is 10.1 Å². The molecule has 0 amide bonds. The molecule has 0 atom stereocenters. The summed E-state index contributed by atoms with van der Waals surface area (Å²) in [5, 5.41) is 12.2. The molecule has 0 bridgehead atoms. The number of nitrogens with one attached hydrogen (secondary N) is 1. The molecule has 0 aliphatic carbocycles. The zero-order valence-electron chi connectivity index (χ0n) is 13.7. The molecule has 2 heterocycles. The van der Waals surface area contributed by atoms with Gasteiger partial charge in [-0.3, -0.25) is 0 Å². The summed E-state index contributed by atoms with van der Waals surface area (Å²) in [7, 11) is 0. The molecule has 0 radical (unpaired) electrons. The first kappa shape index (κ1) is 15.8. The topological polar surface area (TPSA) is 53.9 Å². The molecule has 1 aromatic heterocycles. The van der Waals surface area contributed by atoms with E-state index in [1.165, 1.54) is 16.8 Å². The number of halogens is 1. The van der Waals surface area contributed by atoms with Gasteiger partial charge in [0.15, 0.2) is 5.82 Å². The van der Waals surface area contributed by atoms with E-state index in [4.69, 9.17) is 11.6 Å². The second-order valence-electron chi connectivity index (χ2n) is 5.98. The van der Waals surface area contributed by atoms with Gasteiger partial charge in [-0.05, 0) is 42.2 Å². The number of aromatic nitrogens is 3. The van der Waals surface area contributed by atoms with Crippen molar-refractivity contribution in [3.63, 3.8) is 0 Å². The van der Waals surface area contributed by atoms with Crippen LogP contribution in [0.4, 0.5) is 17.5 Å². The molecule has 4 rings (SSSR count). The van der Waals surface area contributed by atoms with E-state index in [9.17, 15) is 0 Å². The third-order valence-corrected chi connectivity index (χ3v) is 4.53. The van der Waals surface area contributed by atoms with Crippen LogP contribution in [-0.2, 0) is 12.8 Å². The molecule has 6 heteroatoms. The smallest absolute Gasteiger partial charge is 0.244 e. The molecule has 126 valence electrons. The number of hydrogen-bond acceptors (Lipinski definition) is 5. The Bertz CT molecular complexity index is 883. The van der Waals surface area contributed by atoms with E-state index in [2.05, 4.69) is 55.7 Å². The SMILES string of the molecule is Clc1cccc(CCNc2nncc(N3CCc4ccccc43)n2)c1. The minimum Gasteiger partial charge on any atom is -0.353 e. The summed E-state index contributed by atoms with van der Waals surface area (Å²) in [4.78, 5) is 6.80. The van der Waals surface area contributed by atoms with Gasteiger partial charge in [0.25, 0.3) is 0 Å². The molecule has 3 aromatic rings. The minimum absolute atomic E-state index is 0.545. The first-order chi connectivity index (χ1) is 12.3. The van der Waals surface area contributed by atoms with E-state index in [-0.39, 0.29) is 0 Å². The Morgan fingerprint density at radius 1 is 1.12 bits per heavy atom. The highest BCUT2D eigenvalue weighted by Crippen LogP contribution is 2.32. The molecule has 25 heavy (non-hydrogen) atoms. The first-order valence-electron chi connectivity index (χ1n) is 8.33. The lowest BCUT2D eigenvalue weighted by Crippen LogP contribution is -2.17. The molecular weight excluding hydrogens is 334 g/mol. The van der Waals surface area contributed by atoms with Gasteiger partial charge >= 0.3 is 0 Å². The molecule has 2 aromatic carbocycles. The maximum Gasteiger partial charge on any atom is 0.244 e. The average Bonchev–Trinajstić information content (AvgIpc) is 3.06. The van der Waals surface area contributed by atoms with E-state index in [1.807, 2.05) is 18.2 Å². The van der Waals surface area contributed by atoms with Gasteiger partial charge in [0.1, 0.15) is 0 Å². The number of hydrogen-bond donors (Lipinski definition) is 1. The molecule has 0 saturated carbocycles. The highest BCUT2D eigenvalue weighted by atomic mass is 35.5. The Hall–Kier alpha value is -2.66. The van der Waals surface area contributed by atoms with Crippen LogP contribution in [0.25, 0.3) is 0 Å². The highest BCUT2D eigenvalue weighted by molar-refractivity contribution is 6.30. The zero-order valence-corrected chi connectivity index (χ0v) is 14.4. The fraction of sp³-hybridized carbons (Fsp3) is 0.211. The summed E-state index contributed by atoms with van der Waals surface area (Å²) < 4.78 is 0. The Balaban J connectivity index is 1.44. The van der Waals surface area contributed by atoms with Gasteiger partial charge in [-0.1, -0.05) is 41.9 Å². The number of fused-ring (bicyclic) bond motifs is 1. The summed E-state index contributed by atoms with van der Waals surface area (Å²) in [6, 6.07) is 16.3. The van der Waals surface area contributed by atoms with Crippen LogP contribution in [0.5, 0.6) is 0 Å². The predicted octanol–water partition coefficient (Wildman–Crippen LogP) is 3.87. The maximum atomic E-state index is 6.01. The minimum atomic E-state index is 0.545. The summed E-state index contributed by atoms with van der Waals surface area (Å²) in [5.74, 6) is 1.37. The third-order valence-electron chi connectivity index (χ3n) is 4.30. The van der Waals surface area contributed by atoms with E-state index < -0.39 is 0 Å². The molecule has 0 spiro atoms. The standard InChI is InChI=1S/C19H18ClN5/c20-16-6-3-4-14(12-16)8-10-21-19-23-18(13-22-24-19)25-11-9-15-5-1-2-7-17(15)25/h1-7,12-13H,8-11H2,(H,21,23,24). The van der Waals surface area contributed by atoms with Crippen molar-refractivity contribution in [1.29, 1.82) is 0 Å². The maximum absolute atomic E-state index is 6.01. The van der Waals surface area contributed by atoms with E-state index >= 15 is 0 Å². The monoisotopic (exact) mass is 351 g/mol. The van der Waals surface area contributed by atoms with Crippen LogP contribution in [0.2, 0.25) is 5.02 Å². The number of nitrogens with zero attached hydrogens (tertiary/aromatic N) is 4. The molecular formula is C19H18ClN5. The van der Waals surface area contributed by atoms with Crippen LogP contribution in [-0.4, -0.2) is 28.3 Å². The molecule has 0 unspecified atom stereocenters. The van der Waals surface area contributed by atoms with Crippen LogP contribution in [0.15, 0.2) is 54.7 Å². The fourth-order valence-electron chi connectivity index (χ4n) is 3.09. The van der Waals surface area contributed by atoms with Gasteiger partial charge in [-0.25, -0.2) is 0 Å². The van der Waals surface area contributed by atoms with Crippen molar-refractivity contribution in [2.45, 2.75) is 12.8 Å². The van der Waals surface area contributed by atoms with Crippen LogP contribution in [0, 0.1) is 0 Å². The average molecular weight is 352 g/mol. The lowest BCUT2D eigenvalue weighted by atomic mass is 10.1. The van der Waals surface area contributed by atoms with Crippen molar-refractivity contribution in [1.82, 2.24) is 15.2 Å².